The molecule has 0 aromatic heterocycles. The van der Waals surface area contributed by atoms with E-state index in [-0.39, 0.29) is 18.2 Å². The highest BCUT2D eigenvalue weighted by Gasteiger charge is 2.35. The van der Waals surface area contributed by atoms with E-state index in [4.69, 9.17) is 0 Å². The number of hydrogen-bond donors (Lipinski definition) is 1. The zero-order valence-electron chi connectivity index (χ0n) is 8.35. The van der Waals surface area contributed by atoms with E-state index in [9.17, 15) is 9.59 Å². The molecule has 2 aliphatic rings. The van der Waals surface area contributed by atoms with E-state index in [1.807, 2.05) is 6.08 Å². The lowest BCUT2D eigenvalue weighted by Gasteiger charge is -2.13. The molecular weight excluding hydrogens is 210 g/mol. The lowest BCUT2D eigenvalue weighted by molar-refractivity contribution is -0.138. The topological polar surface area (TPSA) is 37.4 Å². The van der Waals surface area contributed by atoms with Crippen LogP contribution < -0.4 is 0 Å². The van der Waals surface area contributed by atoms with Gasteiger partial charge < -0.3 is 0 Å². The van der Waals surface area contributed by atoms with Gasteiger partial charge in [-0.1, -0.05) is 23.8 Å². The molecule has 1 atom stereocenters. The number of carbonyl (C=O) groups excluding carboxylic acids is 2. The maximum atomic E-state index is 11.5. The van der Waals surface area contributed by atoms with Crippen molar-refractivity contribution < 1.29 is 9.59 Å². The second kappa shape index (κ2) is 4.23. The van der Waals surface area contributed by atoms with Crippen LogP contribution in [0, 0.1) is 0 Å². The molecule has 1 saturated heterocycles. The molecule has 2 amide bonds. The van der Waals surface area contributed by atoms with Crippen molar-refractivity contribution in [3.8, 4) is 0 Å². The number of rotatable bonds is 3. The van der Waals surface area contributed by atoms with Crippen molar-refractivity contribution in [1.82, 2.24) is 4.90 Å². The van der Waals surface area contributed by atoms with Crippen molar-refractivity contribution in [3.63, 3.8) is 0 Å². The number of likely N-dealkylation sites (tertiary alicyclic amines) is 1. The van der Waals surface area contributed by atoms with Crippen LogP contribution in [0.2, 0.25) is 0 Å². The molecule has 1 heterocycles. The van der Waals surface area contributed by atoms with Gasteiger partial charge in [-0.25, -0.2) is 0 Å². The van der Waals surface area contributed by atoms with Crippen molar-refractivity contribution in [2.24, 2.45) is 0 Å². The Kier molecular flexibility index (Phi) is 2.95. The normalized spacial score (nSPS) is 25.3. The summed E-state index contributed by atoms with van der Waals surface area (Å²) in [5.41, 5.74) is 1.21. The number of hydrogen-bond acceptors (Lipinski definition) is 3. The predicted octanol–water partition coefficient (Wildman–Crippen LogP) is 1.32. The zero-order valence-corrected chi connectivity index (χ0v) is 9.24. The number of imide groups is 1. The summed E-state index contributed by atoms with van der Waals surface area (Å²) in [6.45, 7) is 0.491. The molecule has 0 radical (unpaired) electrons. The molecule has 4 heteroatoms. The highest BCUT2D eigenvalue weighted by Crippen LogP contribution is 2.20. The Morgan fingerprint density at radius 2 is 2.27 bits per heavy atom. The van der Waals surface area contributed by atoms with Crippen LogP contribution >= 0.6 is 12.6 Å². The SMILES string of the molecule is O=C1CC(S)C(=O)N1CCC1=CCC=C1. The van der Waals surface area contributed by atoms with E-state index in [1.54, 1.807) is 0 Å². The fourth-order valence-corrected chi connectivity index (χ4v) is 2.13. The second-order valence-corrected chi connectivity index (χ2v) is 4.39. The fourth-order valence-electron chi connectivity index (χ4n) is 1.83. The van der Waals surface area contributed by atoms with Gasteiger partial charge in [0.05, 0.1) is 5.25 Å². The summed E-state index contributed by atoms with van der Waals surface area (Å²) in [7, 11) is 0. The van der Waals surface area contributed by atoms with E-state index in [0.717, 1.165) is 12.8 Å². The number of amides is 2. The second-order valence-electron chi connectivity index (χ2n) is 3.77. The minimum absolute atomic E-state index is 0.0948. The molecule has 15 heavy (non-hydrogen) atoms. The molecule has 1 unspecified atom stereocenters. The molecule has 80 valence electrons. The zero-order chi connectivity index (χ0) is 10.8. The van der Waals surface area contributed by atoms with Gasteiger partial charge in [0.15, 0.2) is 0 Å². The van der Waals surface area contributed by atoms with Crippen molar-refractivity contribution in [1.29, 1.82) is 0 Å². The van der Waals surface area contributed by atoms with Crippen LogP contribution in [0.1, 0.15) is 19.3 Å². The fraction of sp³-hybridized carbons (Fsp3) is 0.455. The third-order valence-electron chi connectivity index (χ3n) is 2.69. The molecule has 1 fully saturated rings. The van der Waals surface area contributed by atoms with Gasteiger partial charge in [-0.15, -0.1) is 0 Å². The largest absolute Gasteiger partial charge is 0.281 e. The first kappa shape index (κ1) is 10.5. The molecule has 0 aromatic rings. The third kappa shape index (κ3) is 2.15. The Hall–Kier alpha value is -1.03. The van der Waals surface area contributed by atoms with E-state index >= 15 is 0 Å². The van der Waals surface area contributed by atoms with Crippen LogP contribution in [0.3, 0.4) is 0 Å². The van der Waals surface area contributed by atoms with Crippen molar-refractivity contribution in [2.45, 2.75) is 24.5 Å². The summed E-state index contributed by atoms with van der Waals surface area (Å²) >= 11 is 4.07. The molecule has 0 N–H and O–H groups in total. The van der Waals surface area contributed by atoms with E-state index in [0.29, 0.717) is 6.54 Å². The lowest BCUT2D eigenvalue weighted by atomic mass is 10.2. The van der Waals surface area contributed by atoms with Crippen LogP contribution in [-0.2, 0) is 9.59 Å². The van der Waals surface area contributed by atoms with Gasteiger partial charge in [0, 0.05) is 13.0 Å². The van der Waals surface area contributed by atoms with E-state index in [2.05, 4.69) is 24.8 Å². The van der Waals surface area contributed by atoms with Crippen LogP contribution in [0.15, 0.2) is 23.8 Å². The monoisotopic (exact) mass is 223 g/mol. The standard InChI is InChI=1S/C11H13NO2S/c13-10-7-9(15)11(14)12(10)6-5-8-3-1-2-4-8/h1,3-4,9,15H,2,5-7H2. The predicted molar refractivity (Wildman–Crippen MR) is 60.6 cm³/mol. The summed E-state index contributed by atoms with van der Waals surface area (Å²) in [6, 6.07) is 0. The molecule has 0 bridgehead atoms. The first-order valence-corrected chi connectivity index (χ1v) is 5.58. The van der Waals surface area contributed by atoms with E-state index in [1.165, 1.54) is 10.5 Å². The smallest absolute Gasteiger partial charge is 0.242 e. The summed E-state index contributed by atoms with van der Waals surface area (Å²) in [5, 5.41) is -0.425. The van der Waals surface area contributed by atoms with Gasteiger partial charge in [-0.05, 0) is 12.8 Å². The van der Waals surface area contributed by atoms with Crippen LogP contribution in [0.25, 0.3) is 0 Å². The van der Waals surface area contributed by atoms with Gasteiger partial charge in [-0.3, -0.25) is 14.5 Å². The summed E-state index contributed by atoms with van der Waals surface area (Å²) in [6.07, 6.45) is 8.20. The lowest BCUT2D eigenvalue weighted by Crippen LogP contribution is -2.31. The Morgan fingerprint density at radius 3 is 2.80 bits per heavy atom. The Bertz CT molecular complexity index is 360. The number of thiol groups is 1. The maximum Gasteiger partial charge on any atom is 0.242 e. The van der Waals surface area contributed by atoms with Gasteiger partial charge in [0.1, 0.15) is 0 Å². The summed E-state index contributed by atoms with van der Waals surface area (Å²) in [4.78, 5) is 24.3. The minimum atomic E-state index is -0.425. The summed E-state index contributed by atoms with van der Waals surface area (Å²) in [5.74, 6) is -0.242. The molecule has 1 aliphatic carbocycles. The van der Waals surface area contributed by atoms with Crippen LogP contribution in [-0.4, -0.2) is 28.5 Å². The van der Waals surface area contributed by atoms with E-state index < -0.39 is 5.25 Å². The number of allylic oxidation sites excluding steroid dienone is 3. The van der Waals surface area contributed by atoms with Gasteiger partial charge in [0.2, 0.25) is 11.8 Å². The molecule has 0 aromatic carbocycles. The quantitative estimate of drug-likeness (QED) is 0.579. The van der Waals surface area contributed by atoms with Crippen molar-refractivity contribution in [3.05, 3.63) is 23.8 Å². The third-order valence-corrected chi connectivity index (χ3v) is 3.10. The summed E-state index contributed by atoms with van der Waals surface area (Å²) < 4.78 is 0. The average molecular weight is 223 g/mol. The van der Waals surface area contributed by atoms with Crippen molar-refractivity contribution >= 4 is 24.4 Å². The highest BCUT2D eigenvalue weighted by atomic mass is 32.1. The first-order chi connectivity index (χ1) is 7.18. The molecule has 0 saturated carbocycles. The highest BCUT2D eigenvalue weighted by molar-refractivity contribution is 7.81. The first-order valence-electron chi connectivity index (χ1n) is 5.06. The van der Waals surface area contributed by atoms with Gasteiger partial charge >= 0.3 is 0 Å². The molecule has 2 rings (SSSR count). The molecule has 3 nitrogen and oxygen atoms in total. The van der Waals surface area contributed by atoms with Crippen molar-refractivity contribution in [2.75, 3.05) is 6.54 Å². The molecule has 0 spiro atoms. The molecular formula is C11H13NO2S. The number of carbonyl (C=O) groups is 2. The molecule has 1 aliphatic heterocycles. The maximum absolute atomic E-state index is 11.5. The Labute approximate surface area is 94.2 Å². The van der Waals surface area contributed by atoms with Gasteiger partial charge in [0.25, 0.3) is 0 Å². The average Bonchev–Trinajstić information content (AvgIpc) is 2.76. The van der Waals surface area contributed by atoms with Crippen LogP contribution in [0.4, 0.5) is 0 Å². The Morgan fingerprint density at radius 1 is 1.47 bits per heavy atom. The minimum Gasteiger partial charge on any atom is -0.281 e. The van der Waals surface area contributed by atoms with Crippen LogP contribution in [0.5, 0.6) is 0 Å². The number of nitrogens with zero attached hydrogens (tertiary/aromatic N) is 1. The van der Waals surface area contributed by atoms with Gasteiger partial charge in [-0.2, -0.15) is 12.6 Å². The Balaban J connectivity index is 1.91.